The molecule has 1 aliphatic heterocycles. The lowest BCUT2D eigenvalue weighted by molar-refractivity contribution is -0.116. The number of para-hydroxylation sites is 1. The number of amides is 2. The monoisotopic (exact) mass is 403 g/mol. The minimum atomic E-state index is -0.259. The Bertz CT molecular complexity index is 1050. The van der Waals surface area contributed by atoms with Crippen molar-refractivity contribution in [3.8, 4) is 11.5 Å². The van der Waals surface area contributed by atoms with Gasteiger partial charge in [-0.1, -0.05) is 24.3 Å². The molecule has 0 unspecified atom stereocenters. The fourth-order valence-electron chi connectivity index (χ4n) is 3.14. The predicted molar refractivity (Wildman–Crippen MR) is 111 cm³/mol. The molecule has 3 aromatic rings. The number of nitrogens with one attached hydrogen (secondary N) is 2. The third-order valence-electron chi connectivity index (χ3n) is 4.70. The van der Waals surface area contributed by atoms with Crippen molar-refractivity contribution in [1.82, 2.24) is 10.3 Å². The Morgan fingerprint density at radius 1 is 0.967 bits per heavy atom. The van der Waals surface area contributed by atoms with Crippen LogP contribution in [0.15, 0.2) is 67.0 Å². The minimum absolute atomic E-state index is 0.167. The molecule has 2 N–H and O–H groups in total. The summed E-state index contributed by atoms with van der Waals surface area (Å²) in [7, 11) is 0. The number of carbonyl (C=O) groups excluding carboxylic acids is 2. The summed E-state index contributed by atoms with van der Waals surface area (Å²) in [6, 6.07) is 16.3. The third-order valence-corrected chi connectivity index (χ3v) is 4.70. The number of benzene rings is 2. The van der Waals surface area contributed by atoms with E-state index in [4.69, 9.17) is 9.47 Å². The molecule has 0 spiro atoms. The van der Waals surface area contributed by atoms with E-state index >= 15 is 0 Å². The Morgan fingerprint density at radius 2 is 1.83 bits per heavy atom. The predicted octanol–water partition coefficient (Wildman–Crippen LogP) is 3.31. The van der Waals surface area contributed by atoms with Crippen LogP contribution in [0, 0.1) is 0 Å². The second-order valence-electron chi connectivity index (χ2n) is 6.83. The Hall–Kier alpha value is -3.87. The van der Waals surface area contributed by atoms with Crippen LogP contribution in [-0.4, -0.2) is 23.6 Å². The number of hydrogen-bond donors (Lipinski definition) is 2. The molecular weight excluding hydrogens is 382 g/mol. The Balaban J connectivity index is 1.35. The summed E-state index contributed by atoms with van der Waals surface area (Å²) in [6.45, 7) is 0.581. The first-order chi connectivity index (χ1) is 14.7. The molecule has 2 heterocycles. The lowest BCUT2D eigenvalue weighted by Crippen LogP contribution is -2.25. The number of aryl methyl sites for hydroxylation is 1. The molecule has 0 saturated carbocycles. The number of anilines is 1. The van der Waals surface area contributed by atoms with Crippen LogP contribution in [0.5, 0.6) is 11.5 Å². The fraction of sp³-hybridized carbons (Fsp3) is 0.174. The average Bonchev–Trinajstić information content (AvgIpc) is 3.25. The van der Waals surface area contributed by atoms with Crippen LogP contribution >= 0.6 is 0 Å². The molecular formula is C23H21N3O4. The largest absolute Gasteiger partial charge is 0.454 e. The van der Waals surface area contributed by atoms with Crippen molar-refractivity contribution in [2.75, 3.05) is 12.1 Å². The van der Waals surface area contributed by atoms with Crippen LogP contribution in [0.2, 0.25) is 0 Å². The number of pyridine rings is 1. The van der Waals surface area contributed by atoms with Gasteiger partial charge in [0.1, 0.15) is 0 Å². The first-order valence-electron chi connectivity index (χ1n) is 9.63. The van der Waals surface area contributed by atoms with E-state index < -0.39 is 0 Å². The van der Waals surface area contributed by atoms with Gasteiger partial charge in [0.2, 0.25) is 12.7 Å². The fourth-order valence-corrected chi connectivity index (χ4v) is 3.14. The van der Waals surface area contributed by atoms with E-state index in [0.29, 0.717) is 30.0 Å². The highest BCUT2D eigenvalue weighted by molar-refractivity contribution is 6.03. The van der Waals surface area contributed by atoms with Gasteiger partial charge in [0.25, 0.3) is 5.91 Å². The zero-order valence-corrected chi connectivity index (χ0v) is 16.3. The molecule has 4 rings (SSSR count). The summed E-state index contributed by atoms with van der Waals surface area (Å²) in [4.78, 5) is 29.1. The maximum atomic E-state index is 12.6. The number of nitrogens with zero attached hydrogens (tertiary/aromatic N) is 1. The average molecular weight is 403 g/mol. The van der Waals surface area contributed by atoms with Crippen LogP contribution in [0.25, 0.3) is 0 Å². The normalized spacial score (nSPS) is 11.7. The first-order valence-corrected chi connectivity index (χ1v) is 9.63. The standard InChI is InChI=1S/C23H21N3O4/c27-22(10-8-16-7-9-20-21(12-16)30-15-29-20)26-19-6-2-1-5-18(19)23(28)25-14-17-4-3-11-24-13-17/h1-7,9,11-13H,8,10,14-15H2,(H,25,28)(H,26,27). The van der Waals surface area contributed by atoms with Gasteiger partial charge in [-0.15, -0.1) is 0 Å². The number of hydrogen-bond acceptors (Lipinski definition) is 5. The van der Waals surface area contributed by atoms with Crippen LogP contribution in [0.3, 0.4) is 0 Å². The molecule has 2 aromatic carbocycles. The Morgan fingerprint density at radius 3 is 2.70 bits per heavy atom. The van der Waals surface area contributed by atoms with Crippen LogP contribution in [0.4, 0.5) is 5.69 Å². The quantitative estimate of drug-likeness (QED) is 0.632. The topological polar surface area (TPSA) is 89.5 Å². The van der Waals surface area contributed by atoms with Crippen molar-refractivity contribution in [1.29, 1.82) is 0 Å². The highest BCUT2D eigenvalue weighted by atomic mass is 16.7. The maximum Gasteiger partial charge on any atom is 0.253 e. The van der Waals surface area contributed by atoms with Crippen molar-refractivity contribution in [3.63, 3.8) is 0 Å². The van der Waals surface area contributed by atoms with Gasteiger partial charge in [-0.25, -0.2) is 0 Å². The van der Waals surface area contributed by atoms with Gasteiger partial charge in [-0.2, -0.15) is 0 Å². The highest BCUT2D eigenvalue weighted by Gasteiger charge is 2.15. The summed E-state index contributed by atoms with van der Waals surface area (Å²) in [5, 5.41) is 5.70. The summed E-state index contributed by atoms with van der Waals surface area (Å²) in [5.74, 6) is 0.990. The van der Waals surface area contributed by atoms with E-state index in [9.17, 15) is 9.59 Å². The van der Waals surface area contributed by atoms with E-state index in [0.717, 1.165) is 16.9 Å². The SMILES string of the molecule is O=C(CCc1ccc2c(c1)OCO2)Nc1ccccc1C(=O)NCc1cccnc1. The van der Waals surface area contributed by atoms with E-state index in [2.05, 4.69) is 15.6 Å². The lowest BCUT2D eigenvalue weighted by atomic mass is 10.1. The van der Waals surface area contributed by atoms with Gasteiger partial charge in [0.05, 0.1) is 11.3 Å². The second kappa shape index (κ2) is 9.09. The van der Waals surface area contributed by atoms with Crippen molar-refractivity contribution >= 4 is 17.5 Å². The van der Waals surface area contributed by atoms with Gasteiger partial charge in [-0.05, 0) is 47.9 Å². The van der Waals surface area contributed by atoms with Gasteiger partial charge in [0.15, 0.2) is 11.5 Å². The molecule has 7 nitrogen and oxygen atoms in total. The molecule has 0 aliphatic carbocycles. The number of rotatable bonds is 7. The molecule has 152 valence electrons. The lowest BCUT2D eigenvalue weighted by Gasteiger charge is -2.11. The molecule has 30 heavy (non-hydrogen) atoms. The zero-order valence-electron chi connectivity index (χ0n) is 16.3. The first kappa shape index (κ1) is 19.4. The maximum absolute atomic E-state index is 12.6. The molecule has 0 bridgehead atoms. The highest BCUT2D eigenvalue weighted by Crippen LogP contribution is 2.32. The van der Waals surface area contributed by atoms with Gasteiger partial charge in [0, 0.05) is 25.4 Å². The van der Waals surface area contributed by atoms with E-state index in [1.165, 1.54) is 0 Å². The third kappa shape index (κ3) is 4.75. The van der Waals surface area contributed by atoms with Gasteiger partial charge < -0.3 is 20.1 Å². The smallest absolute Gasteiger partial charge is 0.253 e. The van der Waals surface area contributed by atoms with E-state index in [-0.39, 0.29) is 25.0 Å². The Labute approximate surface area is 174 Å². The summed E-state index contributed by atoms with van der Waals surface area (Å²) >= 11 is 0. The van der Waals surface area contributed by atoms with Crippen LogP contribution in [0.1, 0.15) is 27.9 Å². The van der Waals surface area contributed by atoms with Gasteiger partial charge in [-0.3, -0.25) is 14.6 Å². The summed E-state index contributed by atoms with van der Waals surface area (Å²) in [5.41, 5.74) is 2.78. The molecule has 0 atom stereocenters. The molecule has 0 fully saturated rings. The van der Waals surface area contributed by atoms with Crippen molar-refractivity contribution in [3.05, 3.63) is 83.7 Å². The molecule has 2 amide bonds. The minimum Gasteiger partial charge on any atom is -0.454 e. The van der Waals surface area contributed by atoms with Crippen LogP contribution in [-0.2, 0) is 17.8 Å². The number of aromatic nitrogens is 1. The number of carbonyl (C=O) groups is 2. The second-order valence-corrected chi connectivity index (χ2v) is 6.83. The van der Waals surface area contributed by atoms with E-state index in [1.54, 1.807) is 36.7 Å². The zero-order chi connectivity index (χ0) is 20.8. The molecule has 1 aromatic heterocycles. The van der Waals surface area contributed by atoms with Crippen molar-refractivity contribution in [2.24, 2.45) is 0 Å². The van der Waals surface area contributed by atoms with Crippen LogP contribution < -0.4 is 20.1 Å². The molecule has 1 aliphatic rings. The van der Waals surface area contributed by atoms with Crippen molar-refractivity contribution in [2.45, 2.75) is 19.4 Å². The van der Waals surface area contributed by atoms with Crippen molar-refractivity contribution < 1.29 is 19.1 Å². The van der Waals surface area contributed by atoms with E-state index in [1.807, 2.05) is 30.3 Å². The summed E-state index contributed by atoms with van der Waals surface area (Å²) < 4.78 is 10.7. The molecule has 7 heteroatoms. The number of fused-ring (bicyclic) bond motifs is 1. The molecule has 0 saturated heterocycles. The number of ether oxygens (including phenoxy) is 2. The summed E-state index contributed by atoms with van der Waals surface area (Å²) in [6.07, 6.45) is 4.22. The Kier molecular flexibility index (Phi) is 5.89. The van der Waals surface area contributed by atoms with Gasteiger partial charge >= 0.3 is 0 Å². The molecule has 0 radical (unpaired) electrons.